The Bertz CT molecular complexity index is 696. The predicted molar refractivity (Wildman–Crippen MR) is 77.3 cm³/mol. The Morgan fingerprint density at radius 2 is 1.84 bits per heavy atom. The number of rotatable bonds is 1. The van der Waals surface area contributed by atoms with Crippen molar-refractivity contribution in [2.45, 2.75) is 18.9 Å². The van der Waals surface area contributed by atoms with Crippen molar-refractivity contribution in [3.05, 3.63) is 65.9 Å². The van der Waals surface area contributed by atoms with Gasteiger partial charge in [-0.1, -0.05) is 36.4 Å². The Labute approximate surface area is 112 Å². The summed E-state index contributed by atoms with van der Waals surface area (Å²) in [5, 5.41) is 4.76. The molecule has 2 heterocycles. The number of nitrogens with one attached hydrogen (secondary N) is 1. The van der Waals surface area contributed by atoms with Crippen molar-refractivity contribution < 1.29 is 4.42 Å². The number of aryl methyl sites for hydroxylation is 1. The summed E-state index contributed by atoms with van der Waals surface area (Å²) in [6, 6.07) is 19.1. The Morgan fingerprint density at radius 1 is 1.00 bits per heavy atom. The summed E-state index contributed by atoms with van der Waals surface area (Å²) in [5.74, 6) is 1.04. The third-order valence-electron chi connectivity index (χ3n) is 3.84. The molecular weight excluding hydrogens is 234 g/mol. The molecule has 0 aliphatic carbocycles. The van der Waals surface area contributed by atoms with Crippen LogP contribution in [0.2, 0.25) is 0 Å². The zero-order valence-electron chi connectivity index (χ0n) is 10.6. The fourth-order valence-electron chi connectivity index (χ4n) is 2.83. The normalized spacial score (nSPS) is 18.0. The fraction of sp³-hybridized carbons (Fsp3) is 0.176. The average Bonchev–Trinajstić information content (AvgIpc) is 2.90. The average molecular weight is 249 g/mol. The lowest BCUT2D eigenvalue weighted by Gasteiger charge is -2.25. The monoisotopic (exact) mass is 249 g/mol. The van der Waals surface area contributed by atoms with Crippen molar-refractivity contribution in [1.29, 1.82) is 0 Å². The minimum absolute atomic E-state index is 0.280. The van der Waals surface area contributed by atoms with Crippen LogP contribution in [-0.4, -0.2) is 0 Å². The van der Waals surface area contributed by atoms with E-state index in [1.165, 1.54) is 16.6 Å². The Balaban J connectivity index is 1.70. The maximum Gasteiger partial charge on any atom is 0.134 e. The largest absolute Gasteiger partial charge is 0.459 e. The van der Waals surface area contributed by atoms with Gasteiger partial charge >= 0.3 is 0 Å². The standard InChI is InChI=1S/C17H15NO/c1-3-7-14-12(5-1)9-10-15(18-14)17-11-13-6-2-4-8-16(13)19-17/h1-8,11,15,18H,9-10H2. The van der Waals surface area contributed by atoms with E-state index < -0.39 is 0 Å². The SMILES string of the molecule is c1ccc2c(c1)CCC(c1cc3ccccc3o1)N2. The van der Waals surface area contributed by atoms with E-state index in [0.29, 0.717) is 0 Å². The molecule has 1 aliphatic rings. The highest BCUT2D eigenvalue weighted by Crippen LogP contribution is 2.34. The van der Waals surface area contributed by atoms with Gasteiger partial charge in [-0.05, 0) is 36.6 Å². The molecule has 94 valence electrons. The van der Waals surface area contributed by atoms with Gasteiger partial charge < -0.3 is 9.73 Å². The van der Waals surface area contributed by atoms with Crippen molar-refractivity contribution in [3.8, 4) is 0 Å². The highest BCUT2D eigenvalue weighted by Gasteiger charge is 2.21. The smallest absolute Gasteiger partial charge is 0.134 e. The summed E-state index contributed by atoms with van der Waals surface area (Å²) in [6.07, 6.45) is 2.18. The summed E-state index contributed by atoms with van der Waals surface area (Å²) < 4.78 is 5.96. The first-order valence-corrected chi connectivity index (χ1v) is 6.73. The van der Waals surface area contributed by atoms with E-state index in [4.69, 9.17) is 4.42 Å². The first kappa shape index (κ1) is 10.7. The van der Waals surface area contributed by atoms with Crippen LogP contribution in [0.4, 0.5) is 5.69 Å². The van der Waals surface area contributed by atoms with E-state index in [2.05, 4.69) is 41.7 Å². The summed E-state index contributed by atoms with van der Waals surface area (Å²) in [6.45, 7) is 0. The molecule has 0 saturated carbocycles. The van der Waals surface area contributed by atoms with E-state index in [9.17, 15) is 0 Å². The summed E-state index contributed by atoms with van der Waals surface area (Å²) in [5.41, 5.74) is 3.60. The van der Waals surface area contributed by atoms with Gasteiger partial charge in [0, 0.05) is 11.1 Å². The second-order valence-corrected chi connectivity index (χ2v) is 5.08. The van der Waals surface area contributed by atoms with Crippen molar-refractivity contribution in [2.75, 3.05) is 5.32 Å². The second-order valence-electron chi connectivity index (χ2n) is 5.08. The number of anilines is 1. The van der Waals surface area contributed by atoms with Gasteiger partial charge in [-0.15, -0.1) is 0 Å². The zero-order chi connectivity index (χ0) is 12.7. The van der Waals surface area contributed by atoms with Gasteiger partial charge in [-0.2, -0.15) is 0 Å². The molecule has 0 spiro atoms. The van der Waals surface area contributed by atoms with Gasteiger partial charge in [0.15, 0.2) is 0 Å². The minimum Gasteiger partial charge on any atom is -0.459 e. The molecule has 0 bridgehead atoms. The first-order chi connectivity index (χ1) is 9.40. The Kier molecular flexibility index (Phi) is 2.34. The maximum atomic E-state index is 5.96. The number of hydrogen-bond acceptors (Lipinski definition) is 2. The molecule has 2 aromatic carbocycles. The molecule has 1 aromatic heterocycles. The molecule has 1 atom stereocenters. The van der Waals surface area contributed by atoms with Crippen LogP contribution in [0.15, 0.2) is 59.0 Å². The molecule has 1 aliphatic heterocycles. The van der Waals surface area contributed by atoms with Crippen LogP contribution in [0.1, 0.15) is 23.8 Å². The van der Waals surface area contributed by atoms with Crippen LogP contribution in [0, 0.1) is 0 Å². The van der Waals surface area contributed by atoms with Crippen LogP contribution in [0.25, 0.3) is 11.0 Å². The highest BCUT2D eigenvalue weighted by atomic mass is 16.3. The molecule has 0 amide bonds. The number of para-hydroxylation sites is 2. The van der Waals surface area contributed by atoms with Crippen LogP contribution in [-0.2, 0) is 6.42 Å². The number of benzene rings is 2. The van der Waals surface area contributed by atoms with E-state index >= 15 is 0 Å². The van der Waals surface area contributed by atoms with Crippen LogP contribution < -0.4 is 5.32 Å². The minimum atomic E-state index is 0.280. The summed E-state index contributed by atoms with van der Waals surface area (Å²) in [7, 11) is 0. The van der Waals surface area contributed by atoms with Crippen molar-refractivity contribution in [1.82, 2.24) is 0 Å². The topological polar surface area (TPSA) is 25.2 Å². The predicted octanol–water partition coefficient (Wildman–Crippen LogP) is 4.53. The van der Waals surface area contributed by atoms with E-state index in [1.807, 2.05) is 18.2 Å². The quantitative estimate of drug-likeness (QED) is 0.685. The summed E-state index contributed by atoms with van der Waals surface area (Å²) >= 11 is 0. The van der Waals surface area contributed by atoms with E-state index in [1.54, 1.807) is 0 Å². The van der Waals surface area contributed by atoms with Crippen molar-refractivity contribution in [3.63, 3.8) is 0 Å². The van der Waals surface area contributed by atoms with Crippen molar-refractivity contribution in [2.24, 2.45) is 0 Å². The lowest BCUT2D eigenvalue weighted by molar-refractivity contribution is 0.489. The molecule has 2 nitrogen and oxygen atoms in total. The number of hydrogen-bond donors (Lipinski definition) is 1. The fourth-order valence-corrected chi connectivity index (χ4v) is 2.83. The highest BCUT2D eigenvalue weighted by molar-refractivity contribution is 5.78. The molecule has 3 aromatic rings. The third kappa shape index (κ3) is 1.80. The van der Waals surface area contributed by atoms with Gasteiger partial charge in [0.2, 0.25) is 0 Å². The Morgan fingerprint density at radius 3 is 2.79 bits per heavy atom. The molecule has 0 radical (unpaired) electrons. The lowest BCUT2D eigenvalue weighted by atomic mass is 9.97. The molecule has 1 unspecified atom stereocenters. The number of fused-ring (bicyclic) bond motifs is 2. The van der Waals surface area contributed by atoms with Crippen LogP contribution in [0.3, 0.4) is 0 Å². The molecule has 19 heavy (non-hydrogen) atoms. The van der Waals surface area contributed by atoms with Gasteiger partial charge in [0.05, 0.1) is 6.04 Å². The molecule has 4 rings (SSSR count). The van der Waals surface area contributed by atoms with Crippen LogP contribution >= 0.6 is 0 Å². The molecule has 1 N–H and O–H groups in total. The molecule has 0 saturated heterocycles. The van der Waals surface area contributed by atoms with Gasteiger partial charge in [-0.25, -0.2) is 0 Å². The van der Waals surface area contributed by atoms with Gasteiger partial charge in [0.25, 0.3) is 0 Å². The summed E-state index contributed by atoms with van der Waals surface area (Å²) in [4.78, 5) is 0. The molecule has 2 heteroatoms. The second kappa shape index (κ2) is 4.16. The van der Waals surface area contributed by atoms with E-state index in [-0.39, 0.29) is 6.04 Å². The zero-order valence-corrected chi connectivity index (χ0v) is 10.6. The van der Waals surface area contributed by atoms with Gasteiger partial charge in [-0.3, -0.25) is 0 Å². The molecular formula is C17H15NO. The van der Waals surface area contributed by atoms with Crippen LogP contribution in [0.5, 0.6) is 0 Å². The third-order valence-corrected chi connectivity index (χ3v) is 3.84. The first-order valence-electron chi connectivity index (χ1n) is 6.73. The Hall–Kier alpha value is -2.22. The van der Waals surface area contributed by atoms with Crippen molar-refractivity contribution >= 4 is 16.7 Å². The lowest BCUT2D eigenvalue weighted by Crippen LogP contribution is -2.17. The maximum absolute atomic E-state index is 5.96. The number of furan rings is 1. The van der Waals surface area contributed by atoms with Gasteiger partial charge in [0.1, 0.15) is 11.3 Å². The molecule has 0 fully saturated rings. The van der Waals surface area contributed by atoms with E-state index in [0.717, 1.165) is 24.2 Å².